The maximum atomic E-state index is 13.2. The highest BCUT2D eigenvalue weighted by molar-refractivity contribution is 7.80. The van der Waals surface area contributed by atoms with Gasteiger partial charge in [-0.25, -0.2) is 4.39 Å². The van der Waals surface area contributed by atoms with Crippen LogP contribution in [0.3, 0.4) is 0 Å². The third-order valence-corrected chi connectivity index (χ3v) is 5.38. The highest BCUT2D eigenvalue weighted by Gasteiger charge is 2.34. The van der Waals surface area contributed by atoms with Crippen LogP contribution in [0.4, 0.5) is 10.1 Å². The summed E-state index contributed by atoms with van der Waals surface area (Å²) < 4.78 is 19.0. The molecule has 1 fully saturated rings. The molecule has 3 aromatic rings. The number of carbonyl (C=O) groups excluding carboxylic acids is 2. The van der Waals surface area contributed by atoms with Crippen molar-refractivity contribution in [1.29, 1.82) is 0 Å². The van der Waals surface area contributed by atoms with Crippen molar-refractivity contribution in [2.45, 2.75) is 6.61 Å². The first kappa shape index (κ1) is 21.7. The van der Waals surface area contributed by atoms with Crippen molar-refractivity contribution in [3.8, 4) is 5.75 Å². The number of benzene rings is 3. The van der Waals surface area contributed by atoms with Crippen LogP contribution in [-0.4, -0.2) is 16.9 Å². The lowest BCUT2D eigenvalue weighted by Crippen LogP contribution is -2.54. The molecule has 5 nitrogen and oxygen atoms in total. The molecule has 4 rings (SSSR count). The van der Waals surface area contributed by atoms with E-state index in [2.05, 4.69) is 5.32 Å². The van der Waals surface area contributed by atoms with Gasteiger partial charge in [0.15, 0.2) is 5.11 Å². The normalized spacial score (nSPS) is 15.1. The maximum Gasteiger partial charge on any atom is 0.270 e. The van der Waals surface area contributed by atoms with Gasteiger partial charge in [0.1, 0.15) is 23.7 Å². The number of ether oxygens (including phenoxy) is 1. The number of nitrogens with one attached hydrogen (secondary N) is 1. The van der Waals surface area contributed by atoms with E-state index in [1.807, 2.05) is 18.2 Å². The van der Waals surface area contributed by atoms with Crippen molar-refractivity contribution in [2.24, 2.45) is 0 Å². The zero-order valence-electron chi connectivity index (χ0n) is 16.5. The van der Waals surface area contributed by atoms with E-state index in [1.54, 1.807) is 30.3 Å². The molecule has 1 N–H and O–H groups in total. The van der Waals surface area contributed by atoms with Crippen molar-refractivity contribution in [1.82, 2.24) is 5.32 Å². The van der Waals surface area contributed by atoms with E-state index in [9.17, 15) is 14.0 Å². The van der Waals surface area contributed by atoms with Crippen molar-refractivity contribution in [3.05, 3.63) is 100 Å². The number of thiocarbonyl (C=S) groups is 1. The van der Waals surface area contributed by atoms with Crippen molar-refractivity contribution >= 4 is 52.5 Å². The van der Waals surface area contributed by atoms with Gasteiger partial charge in [-0.2, -0.15) is 0 Å². The molecule has 32 heavy (non-hydrogen) atoms. The maximum absolute atomic E-state index is 13.2. The monoisotopic (exact) mass is 466 g/mol. The first-order chi connectivity index (χ1) is 15.4. The van der Waals surface area contributed by atoms with E-state index in [4.69, 9.17) is 28.6 Å². The topological polar surface area (TPSA) is 58.6 Å². The van der Waals surface area contributed by atoms with Gasteiger partial charge in [0.2, 0.25) is 0 Å². The van der Waals surface area contributed by atoms with Gasteiger partial charge < -0.3 is 4.74 Å². The Hall–Kier alpha value is -3.55. The van der Waals surface area contributed by atoms with Crippen LogP contribution in [0.5, 0.6) is 5.75 Å². The summed E-state index contributed by atoms with van der Waals surface area (Å²) in [5.41, 5.74) is 1.76. The number of halogens is 2. The third-order valence-electron chi connectivity index (χ3n) is 4.73. The predicted octanol–water partition coefficient (Wildman–Crippen LogP) is 4.89. The lowest BCUT2D eigenvalue weighted by molar-refractivity contribution is -0.122. The highest BCUT2D eigenvalue weighted by atomic mass is 35.5. The fourth-order valence-corrected chi connectivity index (χ4v) is 3.56. The molecule has 1 saturated heterocycles. The number of hydrogen-bond acceptors (Lipinski definition) is 4. The summed E-state index contributed by atoms with van der Waals surface area (Å²) >= 11 is 11.3. The number of rotatable bonds is 5. The average Bonchev–Trinajstić information content (AvgIpc) is 2.78. The van der Waals surface area contributed by atoms with Gasteiger partial charge in [0.25, 0.3) is 11.8 Å². The molecule has 3 aromatic carbocycles. The summed E-state index contributed by atoms with van der Waals surface area (Å²) in [6, 6.07) is 19.6. The molecule has 1 aliphatic rings. The Morgan fingerprint density at radius 3 is 2.38 bits per heavy atom. The molecular formula is C24H16ClFN2O3S. The van der Waals surface area contributed by atoms with E-state index < -0.39 is 17.6 Å². The SMILES string of the molecule is O=C1NC(=S)N(c2ccc(F)cc2)C(=O)/C1=C\c1ccc(OCc2ccccc2Cl)cc1. The average molecular weight is 467 g/mol. The molecule has 0 atom stereocenters. The van der Waals surface area contributed by atoms with Gasteiger partial charge in [-0.3, -0.25) is 19.8 Å². The molecule has 0 unspecified atom stereocenters. The Morgan fingerprint density at radius 1 is 1.00 bits per heavy atom. The molecule has 0 saturated carbocycles. The minimum atomic E-state index is -0.600. The Labute approximate surface area is 194 Å². The van der Waals surface area contributed by atoms with Crippen LogP contribution in [0.2, 0.25) is 5.02 Å². The summed E-state index contributed by atoms with van der Waals surface area (Å²) in [6.45, 7) is 0.311. The molecule has 2 amide bonds. The lowest BCUT2D eigenvalue weighted by Gasteiger charge is -2.28. The van der Waals surface area contributed by atoms with Crippen LogP contribution in [-0.2, 0) is 16.2 Å². The zero-order valence-corrected chi connectivity index (χ0v) is 18.1. The number of hydrogen-bond donors (Lipinski definition) is 1. The van der Waals surface area contributed by atoms with Crippen molar-refractivity contribution in [3.63, 3.8) is 0 Å². The number of nitrogens with zero attached hydrogens (tertiary/aromatic N) is 1. The molecular weight excluding hydrogens is 451 g/mol. The van der Waals surface area contributed by atoms with Crippen LogP contribution >= 0.6 is 23.8 Å². The minimum Gasteiger partial charge on any atom is -0.489 e. The van der Waals surface area contributed by atoms with E-state index in [-0.39, 0.29) is 10.7 Å². The van der Waals surface area contributed by atoms with E-state index >= 15 is 0 Å². The van der Waals surface area contributed by atoms with Crippen molar-refractivity contribution < 1.29 is 18.7 Å². The molecule has 0 aromatic heterocycles. The number of anilines is 1. The van der Waals surface area contributed by atoms with Crippen LogP contribution in [0, 0.1) is 5.82 Å². The molecule has 1 aliphatic heterocycles. The standard InChI is InChI=1S/C24H16ClFN2O3S/c25-21-4-2-1-3-16(21)14-31-19-11-5-15(6-12-19)13-20-22(29)27-24(32)28(23(20)30)18-9-7-17(26)8-10-18/h1-13H,14H2,(H,27,29,32)/b20-13-. The molecule has 0 spiro atoms. The van der Waals surface area contributed by atoms with E-state index in [0.29, 0.717) is 28.6 Å². The number of carbonyl (C=O) groups is 2. The first-order valence-electron chi connectivity index (χ1n) is 9.55. The summed E-state index contributed by atoms with van der Waals surface area (Å²) in [4.78, 5) is 26.5. The van der Waals surface area contributed by atoms with Gasteiger partial charge in [-0.1, -0.05) is 41.9 Å². The van der Waals surface area contributed by atoms with Gasteiger partial charge >= 0.3 is 0 Å². The highest BCUT2D eigenvalue weighted by Crippen LogP contribution is 2.24. The lowest BCUT2D eigenvalue weighted by atomic mass is 10.1. The van der Waals surface area contributed by atoms with Crippen LogP contribution in [0.25, 0.3) is 6.08 Å². The quantitative estimate of drug-likeness (QED) is 0.330. The summed E-state index contributed by atoms with van der Waals surface area (Å²) in [5, 5.41) is 3.06. The van der Waals surface area contributed by atoms with Crippen molar-refractivity contribution in [2.75, 3.05) is 4.90 Å². The van der Waals surface area contributed by atoms with Gasteiger partial charge in [0.05, 0.1) is 5.69 Å². The molecule has 8 heteroatoms. The summed E-state index contributed by atoms with van der Waals surface area (Å²) in [5.74, 6) is -1.02. The third kappa shape index (κ3) is 4.69. The van der Waals surface area contributed by atoms with Gasteiger partial charge in [-0.05, 0) is 66.3 Å². The second kappa shape index (κ2) is 9.30. The minimum absolute atomic E-state index is 0.0629. The molecule has 0 radical (unpaired) electrons. The second-order valence-corrected chi connectivity index (χ2v) is 7.68. The second-order valence-electron chi connectivity index (χ2n) is 6.88. The smallest absolute Gasteiger partial charge is 0.270 e. The predicted molar refractivity (Wildman–Crippen MR) is 125 cm³/mol. The number of amides is 2. The fourth-order valence-electron chi connectivity index (χ4n) is 3.09. The van der Waals surface area contributed by atoms with Crippen LogP contribution in [0.15, 0.2) is 78.4 Å². The Bertz CT molecular complexity index is 1230. The Kier molecular flexibility index (Phi) is 6.30. The van der Waals surface area contributed by atoms with E-state index in [1.165, 1.54) is 30.3 Å². The Morgan fingerprint density at radius 2 is 1.69 bits per heavy atom. The van der Waals surface area contributed by atoms with Crippen LogP contribution < -0.4 is 15.0 Å². The summed E-state index contributed by atoms with van der Waals surface area (Å²) in [6.07, 6.45) is 1.47. The fraction of sp³-hybridized carbons (Fsp3) is 0.0417. The zero-order chi connectivity index (χ0) is 22.7. The largest absolute Gasteiger partial charge is 0.489 e. The molecule has 1 heterocycles. The molecule has 160 valence electrons. The molecule has 0 bridgehead atoms. The molecule has 0 aliphatic carbocycles. The van der Waals surface area contributed by atoms with Crippen LogP contribution in [0.1, 0.15) is 11.1 Å². The Balaban J connectivity index is 1.52. The van der Waals surface area contributed by atoms with Gasteiger partial charge in [0, 0.05) is 10.6 Å². The summed E-state index contributed by atoms with van der Waals surface area (Å²) in [7, 11) is 0. The van der Waals surface area contributed by atoms with E-state index in [0.717, 1.165) is 10.5 Å². The van der Waals surface area contributed by atoms with Gasteiger partial charge in [-0.15, -0.1) is 0 Å². The first-order valence-corrected chi connectivity index (χ1v) is 10.3.